The summed E-state index contributed by atoms with van der Waals surface area (Å²) in [6.45, 7) is 0. The topological polar surface area (TPSA) is 106 Å². The molecule has 0 bridgehead atoms. The predicted octanol–water partition coefficient (Wildman–Crippen LogP) is 0.137. The van der Waals surface area contributed by atoms with Gasteiger partial charge in [-0.05, 0) is 18.1 Å². The summed E-state index contributed by atoms with van der Waals surface area (Å²) in [5, 5.41) is 19.5. The molecule has 15 heavy (non-hydrogen) atoms. The Morgan fingerprint density at radius 1 is 1.53 bits per heavy atom. The fourth-order valence-electron chi connectivity index (χ4n) is 0.906. The number of hydrogen-bond acceptors (Lipinski definition) is 4. The van der Waals surface area contributed by atoms with Crippen LogP contribution in [0.5, 0.6) is 5.75 Å². The van der Waals surface area contributed by atoms with Crippen molar-refractivity contribution in [2.24, 2.45) is 5.73 Å². The number of rotatable bonds is 1. The third-order valence-electron chi connectivity index (χ3n) is 1.50. The van der Waals surface area contributed by atoms with E-state index in [1.165, 1.54) is 12.1 Å². The minimum Gasteiger partial charge on any atom is -0.508 e. The summed E-state index contributed by atoms with van der Waals surface area (Å²) in [5.41, 5.74) is 4.42. The quantitative estimate of drug-likeness (QED) is 0.387. The van der Waals surface area contributed by atoms with Gasteiger partial charge in [-0.2, -0.15) is 0 Å². The van der Waals surface area contributed by atoms with Gasteiger partial charge in [0.1, 0.15) is 11.3 Å². The minimum absolute atomic E-state index is 0.0246. The maximum absolute atomic E-state index is 10.5. The summed E-state index contributed by atoms with van der Waals surface area (Å²) in [7, 11) is 0. The zero-order valence-electron chi connectivity index (χ0n) is 7.43. The van der Waals surface area contributed by atoms with E-state index in [1.54, 1.807) is 0 Å². The Morgan fingerprint density at radius 2 is 2.20 bits per heavy atom. The Morgan fingerprint density at radius 3 is 2.73 bits per heavy atom. The van der Waals surface area contributed by atoms with Gasteiger partial charge >= 0.3 is 0 Å². The van der Waals surface area contributed by atoms with Crippen molar-refractivity contribution in [3.8, 4) is 17.6 Å². The van der Waals surface area contributed by atoms with E-state index in [9.17, 15) is 14.9 Å². The highest BCUT2D eigenvalue weighted by atomic mass is 16.6. The van der Waals surface area contributed by atoms with Crippen LogP contribution in [-0.2, 0) is 4.79 Å². The van der Waals surface area contributed by atoms with E-state index < -0.39 is 10.8 Å². The lowest BCUT2D eigenvalue weighted by Crippen LogP contribution is -2.06. The fourth-order valence-corrected chi connectivity index (χ4v) is 0.906. The Kier molecular flexibility index (Phi) is 2.88. The number of nitrogens with two attached hydrogens (primary N) is 1. The van der Waals surface area contributed by atoms with Gasteiger partial charge in [-0.15, -0.1) is 0 Å². The molecule has 0 fully saturated rings. The number of nitro groups is 1. The number of nitro benzene ring substituents is 1. The van der Waals surface area contributed by atoms with E-state index in [0.717, 1.165) is 6.07 Å². The van der Waals surface area contributed by atoms with Crippen LogP contribution in [0.2, 0.25) is 0 Å². The van der Waals surface area contributed by atoms with E-state index in [1.807, 2.05) is 5.92 Å². The van der Waals surface area contributed by atoms with Gasteiger partial charge in [0.2, 0.25) is 0 Å². The van der Waals surface area contributed by atoms with Gasteiger partial charge in [0, 0.05) is 5.92 Å². The van der Waals surface area contributed by atoms with Gasteiger partial charge in [0.25, 0.3) is 11.6 Å². The van der Waals surface area contributed by atoms with E-state index in [2.05, 4.69) is 5.92 Å². The number of hydrogen-bond donors (Lipinski definition) is 2. The number of amides is 1. The van der Waals surface area contributed by atoms with Crippen LogP contribution in [0.4, 0.5) is 5.69 Å². The Labute approximate surface area is 84.5 Å². The van der Waals surface area contributed by atoms with Crippen LogP contribution in [0.3, 0.4) is 0 Å². The SMILES string of the molecule is NC(=O)C#Cc1ccc(O)cc1[N+](=O)[O-]. The molecule has 0 aliphatic rings. The molecular formula is C9H6N2O4. The molecule has 6 nitrogen and oxygen atoms in total. The summed E-state index contributed by atoms with van der Waals surface area (Å²) >= 11 is 0. The second-order valence-electron chi connectivity index (χ2n) is 2.57. The molecule has 0 radical (unpaired) electrons. The first-order chi connectivity index (χ1) is 7.00. The maximum atomic E-state index is 10.5. The second kappa shape index (κ2) is 4.11. The number of nitrogens with zero attached hydrogens (tertiary/aromatic N) is 1. The molecule has 3 N–H and O–H groups in total. The van der Waals surface area contributed by atoms with Crippen molar-refractivity contribution in [2.45, 2.75) is 0 Å². The Balaban J connectivity index is 3.25. The highest BCUT2D eigenvalue weighted by molar-refractivity contribution is 5.92. The van der Waals surface area contributed by atoms with Crippen molar-refractivity contribution in [3.63, 3.8) is 0 Å². The number of benzene rings is 1. The fraction of sp³-hybridized carbons (Fsp3) is 0. The molecule has 0 aliphatic heterocycles. The number of phenols is 1. The highest BCUT2D eigenvalue weighted by Crippen LogP contribution is 2.22. The van der Waals surface area contributed by atoms with Crippen LogP contribution < -0.4 is 5.73 Å². The molecule has 76 valence electrons. The van der Waals surface area contributed by atoms with Gasteiger partial charge in [-0.25, -0.2) is 0 Å². The molecular weight excluding hydrogens is 200 g/mol. The molecule has 0 saturated heterocycles. The molecule has 0 aromatic heterocycles. The van der Waals surface area contributed by atoms with Gasteiger partial charge in [0.15, 0.2) is 0 Å². The third kappa shape index (κ3) is 2.70. The number of aromatic hydroxyl groups is 1. The number of carbonyl (C=O) groups excluding carboxylic acids is 1. The van der Waals surface area contributed by atoms with Crippen molar-refractivity contribution < 1.29 is 14.8 Å². The van der Waals surface area contributed by atoms with Gasteiger partial charge < -0.3 is 10.8 Å². The summed E-state index contributed by atoms with van der Waals surface area (Å²) < 4.78 is 0. The smallest absolute Gasteiger partial charge is 0.293 e. The van der Waals surface area contributed by atoms with Crippen molar-refractivity contribution in [3.05, 3.63) is 33.9 Å². The standard InChI is InChI=1S/C9H6N2O4/c10-9(13)4-2-6-1-3-7(12)5-8(6)11(14)15/h1,3,5,12H,(H2,10,13). The normalized spacial score (nSPS) is 8.80. The molecule has 0 atom stereocenters. The summed E-state index contributed by atoms with van der Waals surface area (Å²) in [5.74, 6) is 3.10. The lowest BCUT2D eigenvalue weighted by molar-refractivity contribution is -0.385. The molecule has 0 aliphatic carbocycles. The molecule has 1 amide bonds. The monoisotopic (exact) mass is 206 g/mol. The zero-order chi connectivity index (χ0) is 11.4. The molecule has 0 spiro atoms. The largest absolute Gasteiger partial charge is 0.508 e. The summed E-state index contributed by atoms with van der Waals surface area (Å²) in [4.78, 5) is 20.2. The van der Waals surface area contributed by atoms with E-state index >= 15 is 0 Å². The first-order valence-electron chi connectivity index (χ1n) is 3.79. The number of primary amides is 1. The predicted molar refractivity (Wildman–Crippen MR) is 50.8 cm³/mol. The average molecular weight is 206 g/mol. The molecule has 6 heteroatoms. The van der Waals surface area contributed by atoms with Gasteiger partial charge in [-0.1, -0.05) is 0 Å². The zero-order valence-corrected chi connectivity index (χ0v) is 7.43. The second-order valence-corrected chi connectivity index (χ2v) is 2.57. The van der Waals surface area contributed by atoms with Crippen molar-refractivity contribution in [1.29, 1.82) is 0 Å². The lowest BCUT2D eigenvalue weighted by atomic mass is 10.2. The maximum Gasteiger partial charge on any atom is 0.293 e. The van der Waals surface area contributed by atoms with Gasteiger partial charge in [0.05, 0.1) is 11.0 Å². The molecule has 0 saturated carbocycles. The minimum atomic E-state index is -0.877. The molecule has 0 heterocycles. The van der Waals surface area contributed by atoms with Crippen molar-refractivity contribution >= 4 is 11.6 Å². The Bertz CT molecular complexity index is 485. The first kappa shape index (κ1) is 10.5. The van der Waals surface area contributed by atoms with Crippen LogP contribution in [0, 0.1) is 22.0 Å². The van der Waals surface area contributed by atoms with Crippen molar-refractivity contribution in [1.82, 2.24) is 0 Å². The van der Waals surface area contributed by atoms with Crippen LogP contribution in [0.25, 0.3) is 0 Å². The highest BCUT2D eigenvalue weighted by Gasteiger charge is 2.12. The summed E-state index contributed by atoms with van der Waals surface area (Å²) in [6.07, 6.45) is 0. The van der Waals surface area contributed by atoms with Crippen LogP contribution in [0.15, 0.2) is 18.2 Å². The van der Waals surface area contributed by atoms with Crippen LogP contribution >= 0.6 is 0 Å². The van der Waals surface area contributed by atoms with E-state index in [4.69, 9.17) is 10.8 Å². The van der Waals surface area contributed by atoms with Crippen LogP contribution in [-0.4, -0.2) is 15.9 Å². The first-order valence-corrected chi connectivity index (χ1v) is 3.79. The lowest BCUT2D eigenvalue weighted by Gasteiger charge is -1.95. The Hall–Kier alpha value is -2.55. The van der Waals surface area contributed by atoms with Crippen LogP contribution in [0.1, 0.15) is 5.56 Å². The number of carbonyl (C=O) groups is 1. The average Bonchev–Trinajstić information content (AvgIpc) is 2.15. The summed E-state index contributed by atoms with van der Waals surface area (Å²) in [6, 6.07) is 3.42. The molecule has 1 aromatic rings. The van der Waals surface area contributed by atoms with E-state index in [-0.39, 0.29) is 17.0 Å². The third-order valence-corrected chi connectivity index (χ3v) is 1.50. The van der Waals surface area contributed by atoms with Gasteiger partial charge in [-0.3, -0.25) is 14.9 Å². The van der Waals surface area contributed by atoms with Crippen molar-refractivity contribution in [2.75, 3.05) is 0 Å². The molecule has 1 aromatic carbocycles. The molecule has 1 rings (SSSR count). The number of phenolic OH excluding ortho intramolecular Hbond substituents is 1. The van der Waals surface area contributed by atoms with E-state index in [0.29, 0.717) is 0 Å². The molecule has 0 unspecified atom stereocenters.